The average molecular weight is 531 g/mol. The van der Waals surface area contributed by atoms with E-state index in [2.05, 4.69) is 81.2 Å². The Hall–Kier alpha value is -1.43. The number of hydrogen-bond donors (Lipinski definition) is 0. The molecule has 0 radical (unpaired) electrons. The van der Waals surface area contributed by atoms with Crippen molar-refractivity contribution in [1.29, 1.82) is 0 Å². The minimum atomic E-state index is -1.89. The topological polar surface area (TPSA) is 38.8 Å². The Balaban J connectivity index is 1.51. The summed E-state index contributed by atoms with van der Waals surface area (Å²) in [6, 6.07) is 21.1. The molecule has 0 N–H and O–H groups in total. The molecule has 4 nitrogen and oxygen atoms in total. The van der Waals surface area contributed by atoms with Gasteiger partial charge in [-0.25, -0.2) is 0 Å². The second-order valence-electron chi connectivity index (χ2n) is 10.8. The van der Waals surface area contributed by atoms with Crippen molar-refractivity contribution in [3.05, 3.63) is 66.2 Å². The van der Waals surface area contributed by atoms with Gasteiger partial charge in [0.2, 0.25) is 0 Å². The third-order valence-corrected chi connectivity index (χ3v) is 14.7. The molecule has 0 aliphatic carbocycles. The molecule has 0 saturated carbocycles. The Bertz CT molecular complexity index is 931. The molecule has 178 valence electrons. The first-order valence-corrected chi connectivity index (χ1v) is 16.7. The van der Waals surface area contributed by atoms with Crippen molar-refractivity contribution in [2.45, 2.75) is 81.4 Å². The molecule has 2 heterocycles. The van der Waals surface area contributed by atoms with E-state index in [4.69, 9.17) is 9.16 Å². The van der Waals surface area contributed by atoms with Gasteiger partial charge in [-0.15, -0.1) is 0 Å². The third kappa shape index (κ3) is 5.80. The van der Waals surface area contributed by atoms with E-state index < -0.39 is 8.32 Å². The number of hydrogen-bond acceptors (Lipinski definition) is 3. The molecule has 4 atom stereocenters. The maximum atomic E-state index is 13.5. The molecule has 2 aliphatic rings. The van der Waals surface area contributed by atoms with E-state index in [9.17, 15) is 4.79 Å². The number of ether oxygens (including phenoxy) is 1. The quantitative estimate of drug-likeness (QED) is 0.484. The number of carbonyl (C=O) groups excluding carboxylic acids is 1. The van der Waals surface area contributed by atoms with Crippen LogP contribution < -0.4 is 4.46 Å². The van der Waals surface area contributed by atoms with Crippen LogP contribution in [0, 0.1) is 0 Å². The first-order valence-electron chi connectivity index (χ1n) is 12.0. The van der Waals surface area contributed by atoms with Crippen LogP contribution >= 0.6 is 0 Å². The van der Waals surface area contributed by atoms with Crippen LogP contribution in [0.25, 0.3) is 0 Å². The Morgan fingerprint density at radius 1 is 1.00 bits per heavy atom. The Kier molecular flexibility index (Phi) is 7.52. The van der Waals surface area contributed by atoms with E-state index in [1.54, 1.807) is 0 Å². The maximum absolute atomic E-state index is 13.5. The molecule has 2 aromatic rings. The van der Waals surface area contributed by atoms with Gasteiger partial charge in [0.15, 0.2) is 0 Å². The monoisotopic (exact) mass is 531 g/mol. The Morgan fingerprint density at radius 2 is 1.64 bits per heavy atom. The number of fused-ring (bicyclic) bond motifs is 1. The van der Waals surface area contributed by atoms with Crippen LogP contribution in [0.5, 0.6) is 0 Å². The Labute approximate surface area is 206 Å². The number of piperidine rings is 1. The summed E-state index contributed by atoms with van der Waals surface area (Å²) in [5, 5.41) is 0.162. The van der Waals surface area contributed by atoms with E-state index in [1.165, 1.54) is 4.46 Å². The second-order valence-corrected chi connectivity index (χ2v) is 18.3. The second kappa shape index (κ2) is 10.0. The molecule has 2 aliphatic heterocycles. The summed E-state index contributed by atoms with van der Waals surface area (Å²) in [6.45, 7) is 12.6. The van der Waals surface area contributed by atoms with Gasteiger partial charge in [0.25, 0.3) is 0 Å². The fourth-order valence-electron chi connectivity index (χ4n) is 4.48. The normalized spacial score (nSPS) is 25.8. The molecule has 0 aromatic heterocycles. The summed E-state index contributed by atoms with van der Waals surface area (Å²) in [6.07, 6.45) is 1.50. The molecular weight excluding hydrogens is 493 g/mol. The molecule has 2 saturated heterocycles. The number of amides is 1. The van der Waals surface area contributed by atoms with Crippen LogP contribution in [-0.2, 0) is 20.6 Å². The molecule has 1 amide bonds. The van der Waals surface area contributed by atoms with E-state index >= 15 is 0 Å². The number of nitrogens with zero attached hydrogens (tertiary/aromatic N) is 1. The summed E-state index contributed by atoms with van der Waals surface area (Å²) in [4.78, 5) is 16.0. The fraction of sp³-hybridized carbons (Fsp3) is 0.519. The van der Waals surface area contributed by atoms with Crippen LogP contribution in [0.4, 0.5) is 0 Å². The molecule has 2 fully saturated rings. The van der Waals surface area contributed by atoms with Crippen molar-refractivity contribution in [3.63, 3.8) is 0 Å². The van der Waals surface area contributed by atoms with Gasteiger partial charge in [0, 0.05) is 0 Å². The summed E-state index contributed by atoms with van der Waals surface area (Å²) < 4.78 is 14.4. The van der Waals surface area contributed by atoms with Gasteiger partial charge < -0.3 is 0 Å². The standard InChI is InChI=1S/C27H37NO3SeSi/c1-27(2,3)33(4,5)31-21-16-23-25(32-22-14-10-7-11-15-22)17-24(26(29)28(23)18-21)30-19-20-12-8-6-9-13-20/h6-15,21,23-25H,16-19H2,1-5H3/t21-,23-,24-,25+/m1/s1. The van der Waals surface area contributed by atoms with Crippen molar-refractivity contribution >= 4 is 33.6 Å². The zero-order valence-electron chi connectivity index (χ0n) is 20.5. The van der Waals surface area contributed by atoms with Crippen LogP contribution in [0.1, 0.15) is 39.2 Å². The molecule has 6 heteroatoms. The third-order valence-electron chi connectivity index (χ3n) is 7.33. The number of carbonyl (C=O) groups is 1. The van der Waals surface area contributed by atoms with Gasteiger partial charge in [0.05, 0.1) is 0 Å². The van der Waals surface area contributed by atoms with Gasteiger partial charge in [-0.05, 0) is 0 Å². The molecule has 2 aromatic carbocycles. The predicted molar refractivity (Wildman–Crippen MR) is 137 cm³/mol. The molecule has 0 bridgehead atoms. The van der Waals surface area contributed by atoms with Crippen molar-refractivity contribution in [2.75, 3.05) is 6.54 Å². The van der Waals surface area contributed by atoms with Crippen LogP contribution in [0.2, 0.25) is 22.9 Å². The zero-order chi connectivity index (χ0) is 23.6. The SMILES string of the molecule is CC(C)(C)[Si](C)(C)O[C@@H]1C[C@@H]2[C@@H]([Se]c3ccccc3)C[C@@H](OCc3ccccc3)C(=O)N2C1. The van der Waals surface area contributed by atoms with Gasteiger partial charge in [0.1, 0.15) is 0 Å². The summed E-state index contributed by atoms with van der Waals surface area (Å²) in [7, 11) is -1.89. The van der Waals surface area contributed by atoms with Gasteiger partial charge in [-0.1, -0.05) is 0 Å². The summed E-state index contributed by atoms with van der Waals surface area (Å²) >= 11 is 0.283. The van der Waals surface area contributed by atoms with Gasteiger partial charge in [-0.3, -0.25) is 0 Å². The van der Waals surface area contributed by atoms with E-state index in [1.807, 2.05) is 18.2 Å². The van der Waals surface area contributed by atoms with Crippen molar-refractivity contribution in [1.82, 2.24) is 4.90 Å². The fourth-order valence-corrected chi connectivity index (χ4v) is 8.67. The molecule has 4 rings (SSSR count). The van der Waals surface area contributed by atoms with Crippen LogP contribution in [0.3, 0.4) is 0 Å². The molecule has 0 spiro atoms. The predicted octanol–water partition coefficient (Wildman–Crippen LogP) is 4.79. The van der Waals surface area contributed by atoms with E-state index in [0.29, 0.717) is 18.0 Å². The van der Waals surface area contributed by atoms with Gasteiger partial charge in [-0.2, -0.15) is 0 Å². The van der Waals surface area contributed by atoms with Crippen molar-refractivity contribution in [3.8, 4) is 0 Å². The zero-order valence-corrected chi connectivity index (χ0v) is 23.2. The first-order chi connectivity index (χ1) is 15.6. The first kappa shape index (κ1) is 24.7. The van der Waals surface area contributed by atoms with E-state index in [0.717, 1.165) is 18.4 Å². The number of rotatable bonds is 7. The van der Waals surface area contributed by atoms with E-state index in [-0.39, 0.29) is 44.2 Å². The van der Waals surface area contributed by atoms with Gasteiger partial charge >= 0.3 is 207 Å². The molecule has 0 unspecified atom stereocenters. The average Bonchev–Trinajstić information content (AvgIpc) is 3.19. The summed E-state index contributed by atoms with van der Waals surface area (Å²) in [5.41, 5.74) is 1.11. The van der Waals surface area contributed by atoms with Crippen LogP contribution in [0.15, 0.2) is 60.7 Å². The van der Waals surface area contributed by atoms with Crippen molar-refractivity contribution in [2.24, 2.45) is 0 Å². The van der Waals surface area contributed by atoms with Crippen molar-refractivity contribution < 1.29 is 14.0 Å². The Morgan fingerprint density at radius 3 is 2.27 bits per heavy atom. The number of benzene rings is 2. The molecule has 33 heavy (non-hydrogen) atoms. The summed E-state index contributed by atoms with van der Waals surface area (Å²) in [5.74, 6) is 0.150. The van der Waals surface area contributed by atoms with Crippen LogP contribution in [-0.4, -0.2) is 58.9 Å². The molecular formula is C27H37NO3SeSi. The minimum absolute atomic E-state index is 0.127.